The van der Waals surface area contributed by atoms with E-state index in [0.717, 1.165) is 6.42 Å². The smallest absolute Gasteiger partial charge is 0.410 e. The Kier molecular flexibility index (Phi) is 4.20. The molecule has 14 heavy (non-hydrogen) atoms. The molecule has 0 aromatic heterocycles. The van der Waals surface area contributed by atoms with Crippen molar-refractivity contribution >= 4 is 6.09 Å². The van der Waals surface area contributed by atoms with Crippen LogP contribution in [0, 0.1) is 11.3 Å². The topological polar surface area (TPSA) is 62.6 Å². The van der Waals surface area contributed by atoms with Crippen molar-refractivity contribution in [1.29, 1.82) is 5.26 Å². The monoisotopic (exact) mass is 198 g/mol. The van der Waals surface area contributed by atoms with Crippen LogP contribution in [-0.2, 0) is 9.47 Å². The van der Waals surface area contributed by atoms with Crippen LogP contribution in [0.4, 0.5) is 4.79 Å². The van der Waals surface area contributed by atoms with Gasteiger partial charge >= 0.3 is 6.09 Å². The molecule has 0 radical (unpaired) electrons. The van der Waals surface area contributed by atoms with Crippen molar-refractivity contribution in [1.82, 2.24) is 4.90 Å². The summed E-state index contributed by atoms with van der Waals surface area (Å²) in [5.41, 5.74) is 0. The fraction of sp³-hybridized carbons (Fsp3) is 0.778. The first kappa shape index (κ1) is 10.8. The molecule has 5 nitrogen and oxygen atoms in total. The highest BCUT2D eigenvalue weighted by molar-refractivity contribution is 5.69. The van der Waals surface area contributed by atoms with Crippen molar-refractivity contribution in [3.63, 3.8) is 0 Å². The predicted molar refractivity (Wildman–Crippen MR) is 48.6 cm³/mol. The third-order valence-electron chi connectivity index (χ3n) is 2.12. The SMILES string of the molecule is COCCCN1C(=O)OCCC1C#N. The maximum absolute atomic E-state index is 11.3. The highest BCUT2D eigenvalue weighted by Crippen LogP contribution is 2.12. The normalized spacial score (nSPS) is 21.6. The van der Waals surface area contributed by atoms with E-state index < -0.39 is 0 Å². The van der Waals surface area contributed by atoms with Crippen LogP contribution in [0.3, 0.4) is 0 Å². The van der Waals surface area contributed by atoms with Gasteiger partial charge in [-0.1, -0.05) is 0 Å². The van der Waals surface area contributed by atoms with Crippen molar-refractivity contribution in [2.24, 2.45) is 0 Å². The van der Waals surface area contributed by atoms with Gasteiger partial charge in [-0.25, -0.2) is 4.79 Å². The first-order valence-electron chi connectivity index (χ1n) is 4.61. The molecule has 78 valence electrons. The number of nitriles is 1. The van der Waals surface area contributed by atoms with Gasteiger partial charge in [-0.05, 0) is 6.42 Å². The second kappa shape index (κ2) is 5.45. The lowest BCUT2D eigenvalue weighted by Gasteiger charge is -2.30. The summed E-state index contributed by atoms with van der Waals surface area (Å²) in [7, 11) is 1.61. The zero-order valence-electron chi connectivity index (χ0n) is 8.23. The van der Waals surface area contributed by atoms with Gasteiger partial charge in [0.2, 0.25) is 0 Å². The van der Waals surface area contributed by atoms with Crippen molar-refractivity contribution in [2.75, 3.05) is 26.9 Å². The average Bonchev–Trinajstić information content (AvgIpc) is 2.20. The van der Waals surface area contributed by atoms with Gasteiger partial charge in [-0.15, -0.1) is 0 Å². The molecule has 1 unspecified atom stereocenters. The molecule has 1 atom stereocenters. The highest BCUT2D eigenvalue weighted by Gasteiger charge is 2.28. The fourth-order valence-electron chi connectivity index (χ4n) is 1.38. The lowest BCUT2D eigenvalue weighted by molar-refractivity contribution is 0.0538. The maximum atomic E-state index is 11.3. The summed E-state index contributed by atoms with van der Waals surface area (Å²) >= 11 is 0. The van der Waals surface area contributed by atoms with E-state index in [1.165, 1.54) is 4.90 Å². The van der Waals surface area contributed by atoms with E-state index in [2.05, 4.69) is 6.07 Å². The van der Waals surface area contributed by atoms with Crippen LogP contribution >= 0.6 is 0 Å². The van der Waals surface area contributed by atoms with Gasteiger partial charge in [0.15, 0.2) is 0 Å². The van der Waals surface area contributed by atoms with Crippen molar-refractivity contribution < 1.29 is 14.3 Å². The van der Waals surface area contributed by atoms with E-state index in [-0.39, 0.29) is 12.1 Å². The van der Waals surface area contributed by atoms with E-state index >= 15 is 0 Å². The molecular formula is C9H14N2O3. The third-order valence-corrected chi connectivity index (χ3v) is 2.12. The summed E-state index contributed by atoms with van der Waals surface area (Å²) in [6, 6.07) is 1.76. The van der Waals surface area contributed by atoms with Crippen molar-refractivity contribution in [3.05, 3.63) is 0 Å². The number of ether oxygens (including phenoxy) is 2. The molecule has 0 aliphatic carbocycles. The molecule has 1 aliphatic heterocycles. The van der Waals surface area contributed by atoms with Gasteiger partial charge < -0.3 is 9.47 Å². The largest absolute Gasteiger partial charge is 0.449 e. The number of methoxy groups -OCH3 is 1. The lowest BCUT2D eigenvalue weighted by atomic mass is 10.2. The Morgan fingerprint density at radius 1 is 1.79 bits per heavy atom. The van der Waals surface area contributed by atoms with E-state index in [1.807, 2.05) is 0 Å². The van der Waals surface area contributed by atoms with Gasteiger partial charge in [0.25, 0.3) is 0 Å². The molecule has 1 heterocycles. The minimum absolute atomic E-state index is 0.340. The van der Waals surface area contributed by atoms with E-state index in [0.29, 0.717) is 26.2 Å². The fourth-order valence-corrected chi connectivity index (χ4v) is 1.38. The second-order valence-corrected chi connectivity index (χ2v) is 3.09. The summed E-state index contributed by atoms with van der Waals surface area (Å²) < 4.78 is 9.72. The predicted octanol–water partition coefficient (Wildman–Crippen LogP) is 0.757. The number of hydrogen-bond donors (Lipinski definition) is 0. The van der Waals surface area contributed by atoms with Crippen LogP contribution in [0.2, 0.25) is 0 Å². The molecule has 0 spiro atoms. The number of nitrogens with zero attached hydrogens (tertiary/aromatic N) is 2. The molecule has 0 aromatic rings. The van der Waals surface area contributed by atoms with Gasteiger partial charge in [0.05, 0.1) is 12.7 Å². The van der Waals surface area contributed by atoms with E-state index in [1.54, 1.807) is 7.11 Å². The molecule has 5 heteroatoms. The van der Waals surface area contributed by atoms with Crippen LogP contribution in [0.25, 0.3) is 0 Å². The third kappa shape index (κ3) is 2.60. The lowest BCUT2D eigenvalue weighted by Crippen LogP contribution is -2.45. The molecular weight excluding hydrogens is 184 g/mol. The Morgan fingerprint density at radius 2 is 2.57 bits per heavy atom. The Balaban J connectivity index is 2.44. The summed E-state index contributed by atoms with van der Waals surface area (Å²) in [5.74, 6) is 0. The number of hydrogen-bond acceptors (Lipinski definition) is 4. The minimum Gasteiger partial charge on any atom is -0.449 e. The molecule has 1 fully saturated rings. The Labute approximate surface area is 83.2 Å². The van der Waals surface area contributed by atoms with Crippen LogP contribution in [-0.4, -0.2) is 43.9 Å². The summed E-state index contributed by atoms with van der Waals surface area (Å²) in [6.07, 6.45) is 0.929. The zero-order chi connectivity index (χ0) is 10.4. The minimum atomic E-state index is -0.390. The number of amides is 1. The number of carbonyl (C=O) groups is 1. The quantitative estimate of drug-likeness (QED) is 0.625. The molecule has 1 rings (SSSR count). The summed E-state index contributed by atoms with van der Waals surface area (Å²) in [5, 5.41) is 8.81. The van der Waals surface area contributed by atoms with Crippen LogP contribution in [0.5, 0.6) is 0 Å². The Hall–Kier alpha value is -1.28. The molecule has 1 aliphatic rings. The molecule has 1 saturated heterocycles. The van der Waals surface area contributed by atoms with Gasteiger partial charge in [0, 0.05) is 26.7 Å². The van der Waals surface area contributed by atoms with Crippen molar-refractivity contribution in [2.45, 2.75) is 18.9 Å². The molecule has 1 amide bonds. The van der Waals surface area contributed by atoms with Crippen LogP contribution in [0.1, 0.15) is 12.8 Å². The zero-order valence-corrected chi connectivity index (χ0v) is 8.23. The first-order chi connectivity index (χ1) is 6.79. The van der Waals surface area contributed by atoms with Gasteiger partial charge in [-0.3, -0.25) is 4.90 Å². The summed E-state index contributed by atoms with van der Waals surface area (Å²) in [6.45, 7) is 1.45. The maximum Gasteiger partial charge on any atom is 0.410 e. The van der Waals surface area contributed by atoms with Gasteiger partial charge in [-0.2, -0.15) is 5.26 Å². The van der Waals surface area contributed by atoms with Crippen molar-refractivity contribution in [3.8, 4) is 6.07 Å². The number of carbonyl (C=O) groups excluding carboxylic acids is 1. The van der Waals surface area contributed by atoms with Crippen LogP contribution in [0.15, 0.2) is 0 Å². The molecule has 0 N–H and O–H groups in total. The standard InChI is InChI=1S/C9H14N2O3/c1-13-5-2-4-11-8(7-10)3-6-14-9(11)12/h8H,2-6H2,1H3. The van der Waals surface area contributed by atoms with Gasteiger partial charge in [0.1, 0.15) is 6.04 Å². The number of rotatable bonds is 4. The number of cyclic esters (lactones) is 1. The van der Waals surface area contributed by atoms with Crippen LogP contribution < -0.4 is 0 Å². The highest BCUT2D eigenvalue weighted by atomic mass is 16.6. The van der Waals surface area contributed by atoms with E-state index in [9.17, 15) is 4.79 Å². The molecule has 0 aromatic carbocycles. The van der Waals surface area contributed by atoms with E-state index in [4.69, 9.17) is 14.7 Å². The molecule has 0 bridgehead atoms. The summed E-state index contributed by atoms with van der Waals surface area (Å²) in [4.78, 5) is 12.7. The first-order valence-corrected chi connectivity index (χ1v) is 4.61. The molecule has 0 saturated carbocycles. The Morgan fingerprint density at radius 3 is 3.21 bits per heavy atom. The average molecular weight is 198 g/mol. The second-order valence-electron chi connectivity index (χ2n) is 3.09. The Bertz CT molecular complexity index is 237.